The van der Waals surface area contributed by atoms with Crippen molar-refractivity contribution in [1.82, 2.24) is 0 Å². The van der Waals surface area contributed by atoms with Gasteiger partial charge in [0.1, 0.15) is 0 Å². The first kappa shape index (κ1) is 24.2. The quantitative estimate of drug-likeness (QED) is 0.329. The van der Waals surface area contributed by atoms with Gasteiger partial charge in [0, 0.05) is 19.9 Å². The van der Waals surface area contributed by atoms with Gasteiger partial charge in [-0.1, -0.05) is 129 Å². The molecule has 1 aromatic rings. The lowest BCUT2D eigenvalue weighted by Crippen LogP contribution is -1.82. The van der Waals surface area contributed by atoms with Crippen molar-refractivity contribution in [1.29, 1.82) is 0 Å². The maximum absolute atomic E-state index is 6.58. The highest BCUT2D eigenvalue weighted by molar-refractivity contribution is 8.34. The van der Waals surface area contributed by atoms with E-state index in [1.54, 1.807) is 94.1 Å². The maximum atomic E-state index is 6.58. The van der Waals surface area contributed by atoms with E-state index in [4.69, 9.17) is 23.2 Å². The summed E-state index contributed by atoms with van der Waals surface area (Å²) in [6.07, 6.45) is 8.29. The molecule has 0 radical (unpaired) electrons. The van der Waals surface area contributed by atoms with Gasteiger partial charge < -0.3 is 0 Å². The van der Waals surface area contributed by atoms with Crippen LogP contribution in [0.2, 0.25) is 10.0 Å². The van der Waals surface area contributed by atoms with E-state index in [9.17, 15) is 0 Å². The average Bonchev–Trinajstić information content (AvgIpc) is 3.59. The fourth-order valence-electron chi connectivity index (χ4n) is 2.64. The zero-order chi connectivity index (χ0) is 21.9. The van der Waals surface area contributed by atoms with E-state index in [-0.39, 0.29) is 0 Å². The van der Waals surface area contributed by atoms with Gasteiger partial charge in [-0.15, -0.1) is 0 Å². The van der Waals surface area contributed by atoms with Gasteiger partial charge in [-0.05, 0) is 67.9 Å². The minimum Gasteiger partial charge on any atom is -0.0884 e. The lowest BCUT2D eigenvalue weighted by Gasteiger charge is -2.05. The average molecular weight is 604 g/mol. The van der Waals surface area contributed by atoms with Gasteiger partial charge in [-0.2, -0.15) is 0 Å². The number of hydrogen-bond acceptors (Lipinski definition) is 8. The molecule has 10 heteroatoms. The van der Waals surface area contributed by atoms with Gasteiger partial charge >= 0.3 is 0 Å². The standard InChI is InChI=1S/C22H12Cl2S8/c23-17-10-14(2-4-16-12-30-22(32-16)20-27-7-8-28-20)18(24)9-13(17)1-3-15-11-29-21(31-15)19-25-5-6-26-19/h1-12H/b3-1+,4-2+. The second-order valence-corrected chi connectivity index (χ2v) is 15.6. The Bertz CT molecular complexity index is 1090. The van der Waals surface area contributed by atoms with Gasteiger partial charge in [0.05, 0.1) is 16.9 Å². The van der Waals surface area contributed by atoms with Crippen LogP contribution < -0.4 is 0 Å². The third kappa shape index (κ3) is 6.01. The number of rotatable bonds is 4. The Morgan fingerprint density at radius 2 is 0.906 bits per heavy atom. The van der Waals surface area contributed by atoms with E-state index in [1.807, 2.05) is 24.3 Å². The first-order valence-corrected chi connectivity index (χ1v) is 16.7. The Labute approximate surface area is 231 Å². The Kier molecular flexibility index (Phi) is 8.71. The zero-order valence-corrected chi connectivity index (χ0v) is 24.0. The van der Waals surface area contributed by atoms with E-state index in [0.29, 0.717) is 10.0 Å². The van der Waals surface area contributed by atoms with Crippen molar-refractivity contribution in [2.45, 2.75) is 0 Å². The van der Waals surface area contributed by atoms with Crippen LogP contribution in [0.15, 0.2) is 83.5 Å². The molecule has 5 rings (SSSR count). The molecule has 0 bridgehead atoms. The molecule has 0 spiro atoms. The van der Waals surface area contributed by atoms with Crippen molar-refractivity contribution in [3.8, 4) is 0 Å². The van der Waals surface area contributed by atoms with Crippen molar-refractivity contribution >= 4 is 129 Å². The molecule has 4 heterocycles. The van der Waals surface area contributed by atoms with Gasteiger partial charge in [0.2, 0.25) is 0 Å². The molecule has 4 aliphatic rings. The van der Waals surface area contributed by atoms with Crippen molar-refractivity contribution in [2.75, 3.05) is 0 Å². The monoisotopic (exact) mass is 602 g/mol. The SMILES string of the molecule is Clc1cc(/C=C/C2=CSC(=C3SC=CS3)S2)c(Cl)cc1/C=C/C1=CSC(=C2SC=CS2)S1. The molecule has 0 saturated carbocycles. The summed E-state index contributed by atoms with van der Waals surface area (Å²) in [5.41, 5.74) is 1.85. The molecule has 0 atom stereocenters. The van der Waals surface area contributed by atoms with Crippen LogP contribution in [0.4, 0.5) is 0 Å². The fraction of sp³-hybridized carbons (Fsp3) is 0. The summed E-state index contributed by atoms with van der Waals surface area (Å²) >= 11 is 27.5. The Balaban J connectivity index is 1.24. The Morgan fingerprint density at radius 3 is 1.31 bits per heavy atom. The second-order valence-electron chi connectivity index (χ2n) is 6.21. The van der Waals surface area contributed by atoms with Gasteiger partial charge in [0.25, 0.3) is 0 Å². The molecule has 0 N–H and O–H groups in total. The minimum absolute atomic E-state index is 0.696. The summed E-state index contributed by atoms with van der Waals surface area (Å²) in [5.74, 6) is 0. The predicted molar refractivity (Wildman–Crippen MR) is 164 cm³/mol. The number of thioether (sulfide) groups is 8. The summed E-state index contributed by atoms with van der Waals surface area (Å²) in [6, 6.07) is 3.88. The van der Waals surface area contributed by atoms with Crippen LogP contribution >= 0.6 is 117 Å². The van der Waals surface area contributed by atoms with Crippen molar-refractivity contribution in [3.63, 3.8) is 0 Å². The van der Waals surface area contributed by atoms with Gasteiger partial charge in [-0.3, -0.25) is 0 Å². The van der Waals surface area contributed by atoms with Crippen LogP contribution in [0.25, 0.3) is 12.2 Å². The van der Waals surface area contributed by atoms with Crippen LogP contribution in [0.5, 0.6) is 0 Å². The van der Waals surface area contributed by atoms with E-state index in [1.165, 1.54) is 26.8 Å². The zero-order valence-electron chi connectivity index (χ0n) is 16.0. The van der Waals surface area contributed by atoms with Crippen LogP contribution in [0.3, 0.4) is 0 Å². The minimum atomic E-state index is 0.696. The predicted octanol–water partition coefficient (Wildman–Crippen LogP) is 11.8. The smallest absolute Gasteiger partial charge is 0.0700 e. The molecular weight excluding hydrogens is 592 g/mol. The molecule has 0 saturated heterocycles. The molecular formula is C22H12Cl2S8. The van der Waals surface area contributed by atoms with Crippen LogP contribution in [0, 0.1) is 0 Å². The van der Waals surface area contributed by atoms with Crippen LogP contribution in [-0.2, 0) is 0 Å². The molecule has 0 unspecified atom stereocenters. The molecule has 0 aromatic heterocycles. The van der Waals surface area contributed by atoms with E-state index in [0.717, 1.165) is 11.1 Å². The lowest BCUT2D eigenvalue weighted by atomic mass is 10.1. The number of allylic oxidation sites excluding steroid dienone is 2. The molecule has 4 aliphatic heterocycles. The first-order valence-electron chi connectivity index (χ1n) is 9.05. The first-order chi connectivity index (χ1) is 15.7. The largest absolute Gasteiger partial charge is 0.0884 e. The normalized spacial score (nSPS) is 20.7. The molecule has 0 amide bonds. The van der Waals surface area contributed by atoms with Crippen LogP contribution in [-0.4, -0.2) is 0 Å². The number of hydrogen-bond donors (Lipinski definition) is 0. The molecule has 0 nitrogen and oxygen atoms in total. The fourth-order valence-corrected chi connectivity index (χ4v) is 11.8. The van der Waals surface area contributed by atoms with Crippen molar-refractivity contribution < 1.29 is 0 Å². The summed E-state index contributed by atoms with van der Waals surface area (Å²) in [7, 11) is 0. The number of halogens is 2. The highest BCUT2D eigenvalue weighted by Gasteiger charge is 2.18. The third-order valence-electron chi connectivity index (χ3n) is 4.10. The molecule has 0 fully saturated rings. The Morgan fingerprint density at radius 1 is 0.500 bits per heavy atom. The topological polar surface area (TPSA) is 0 Å². The maximum Gasteiger partial charge on any atom is 0.0700 e. The highest BCUT2D eigenvalue weighted by atomic mass is 35.5. The van der Waals surface area contributed by atoms with Gasteiger partial charge in [-0.25, -0.2) is 0 Å². The molecule has 0 aliphatic carbocycles. The van der Waals surface area contributed by atoms with E-state index in [2.05, 4.69) is 44.6 Å². The summed E-state index contributed by atoms with van der Waals surface area (Å²) < 4.78 is 5.39. The van der Waals surface area contributed by atoms with Crippen molar-refractivity contribution in [2.24, 2.45) is 0 Å². The van der Waals surface area contributed by atoms with Crippen LogP contribution in [0.1, 0.15) is 11.1 Å². The molecule has 1 aromatic carbocycles. The number of benzene rings is 1. The third-order valence-corrected chi connectivity index (χ3v) is 14.8. The molecule has 32 heavy (non-hydrogen) atoms. The van der Waals surface area contributed by atoms with E-state index < -0.39 is 0 Å². The lowest BCUT2D eigenvalue weighted by molar-refractivity contribution is 1.61. The molecule has 162 valence electrons. The van der Waals surface area contributed by atoms with Crippen molar-refractivity contribution in [3.05, 3.63) is 105 Å². The van der Waals surface area contributed by atoms with E-state index >= 15 is 0 Å². The van der Waals surface area contributed by atoms with Gasteiger partial charge in [0.15, 0.2) is 0 Å². The highest BCUT2D eigenvalue weighted by Crippen LogP contribution is 2.54. The summed E-state index contributed by atoms with van der Waals surface area (Å²) in [5, 5.41) is 14.3. The Hall–Kier alpha value is 0.520. The second kappa shape index (κ2) is 11.5. The summed E-state index contributed by atoms with van der Waals surface area (Å²) in [6.45, 7) is 0. The summed E-state index contributed by atoms with van der Waals surface area (Å²) in [4.78, 5) is 2.42.